The van der Waals surface area contributed by atoms with Gasteiger partial charge in [-0.2, -0.15) is 0 Å². The SMILES string of the molecule is O=C(Nc1ccc(-c2cnc(-c3ccc(NC(=O)C4CCCN4C(=O)[C@H]4CCCN4)cc3)o2)cc1)C1CCCN1C(=O)[C@H]1CCCN1. The lowest BCUT2D eigenvalue weighted by Crippen LogP contribution is -2.49. The van der Waals surface area contributed by atoms with E-state index in [9.17, 15) is 19.2 Å². The zero-order valence-corrected chi connectivity index (χ0v) is 26.4. The van der Waals surface area contributed by atoms with Gasteiger partial charge in [0.15, 0.2) is 5.76 Å². The second-order valence-corrected chi connectivity index (χ2v) is 12.8. The molecule has 4 atom stereocenters. The fourth-order valence-electron chi connectivity index (χ4n) is 7.20. The summed E-state index contributed by atoms with van der Waals surface area (Å²) in [5.41, 5.74) is 2.85. The van der Waals surface area contributed by atoms with Gasteiger partial charge in [-0.05, 0) is 113 Å². The monoisotopic (exact) mass is 639 g/mol. The normalized spacial score (nSPS) is 24.1. The highest BCUT2D eigenvalue weighted by atomic mass is 16.4. The van der Waals surface area contributed by atoms with Crippen LogP contribution >= 0.6 is 0 Å². The zero-order valence-electron chi connectivity index (χ0n) is 26.4. The van der Waals surface area contributed by atoms with E-state index in [-0.39, 0.29) is 35.7 Å². The summed E-state index contributed by atoms with van der Waals surface area (Å²) in [5.74, 6) is 0.727. The van der Waals surface area contributed by atoms with E-state index in [1.165, 1.54) is 0 Å². The zero-order chi connectivity index (χ0) is 32.3. The largest absolute Gasteiger partial charge is 0.436 e. The summed E-state index contributed by atoms with van der Waals surface area (Å²) >= 11 is 0. The predicted octanol–water partition coefficient (Wildman–Crippen LogP) is 3.37. The minimum atomic E-state index is -0.459. The van der Waals surface area contributed by atoms with Crippen molar-refractivity contribution in [2.75, 3.05) is 36.8 Å². The molecule has 2 unspecified atom stereocenters. The predicted molar refractivity (Wildman–Crippen MR) is 176 cm³/mol. The molecule has 1 aromatic heterocycles. The molecule has 3 aromatic rings. The Morgan fingerprint density at radius 1 is 0.660 bits per heavy atom. The molecule has 12 heteroatoms. The summed E-state index contributed by atoms with van der Waals surface area (Å²) in [4.78, 5) is 60.0. The molecular formula is C35H41N7O5. The molecule has 47 heavy (non-hydrogen) atoms. The summed E-state index contributed by atoms with van der Waals surface area (Å²) in [7, 11) is 0. The molecule has 0 aliphatic carbocycles. The highest BCUT2D eigenvalue weighted by molar-refractivity contribution is 5.99. The Kier molecular flexibility index (Phi) is 9.03. The van der Waals surface area contributed by atoms with Gasteiger partial charge in [0.05, 0.1) is 18.3 Å². The average molecular weight is 640 g/mol. The molecule has 0 saturated carbocycles. The summed E-state index contributed by atoms with van der Waals surface area (Å²) in [6, 6.07) is 13.3. The maximum atomic E-state index is 13.1. The van der Waals surface area contributed by atoms with Crippen LogP contribution in [0.1, 0.15) is 51.4 Å². The molecule has 246 valence electrons. The van der Waals surface area contributed by atoms with Crippen molar-refractivity contribution in [2.24, 2.45) is 0 Å². The first kappa shape index (κ1) is 31.1. The standard InChI is InChI=1S/C35H41N7O5/c43-31(28-7-3-19-41(28)34(45)26-5-1-17-36-26)39-24-13-9-22(10-14-24)30-21-38-33(47-30)23-11-15-25(16-12-23)40-32(44)29-8-4-20-42(29)35(46)27-6-2-18-37-27/h9-16,21,26-29,36-37H,1-8,17-20H2,(H,39,43)(H,40,44)/t26-,27-,28?,29?/m1/s1. The fourth-order valence-corrected chi connectivity index (χ4v) is 7.20. The Morgan fingerprint density at radius 3 is 1.62 bits per heavy atom. The Hall–Kier alpha value is -4.55. The molecule has 12 nitrogen and oxygen atoms in total. The van der Waals surface area contributed by atoms with Crippen LogP contribution in [0.3, 0.4) is 0 Å². The number of nitrogens with zero attached hydrogens (tertiary/aromatic N) is 3. The molecule has 2 aromatic carbocycles. The van der Waals surface area contributed by atoms with Crippen LogP contribution < -0.4 is 21.3 Å². The Labute approximate surface area is 273 Å². The third kappa shape index (κ3) is 6.66. The van der Waals surface area contributed by atoms with Crippen molar-refractivity contribution >= 4 is 35.0 Å². The molecule has 0 spiro atoms. The number of oxazole rings is 1. The van der Waals surface area contributed by atoms with Crippen LogP contribution in [0.5, 0.6) is 0 Å². The number of amides is 4. The smallest absolute Gasteiger partial charge is 0.247 e. The number of likely N-dealkylation sites (tertiary alicyclic amines) is 2. The molecule has 4 aliphatic heterocycles. The van der Waals surface area contributed by atoms with E-state index in [0.717, 1.165) is 62.7 Å². The Morgan fingerprint density at radius 2 is 1.15 bits per heavy atom. The van der Waals surface area contributed by atoms with E-state index in [1.54, 1.807) is 28.1 Å². The van der Waals surface area contributed by atoms with Crippen molar-refractivity contribution in [3.05, 3.63) is 54.7 Å². The summed E-state index contributed by atoms with van der Waals surface area (Å²) < 4.78 is 6.05. The number of carbonyl (C=O) groups is 4. The van der Waals surface area contributed by atoms with Gasteiger partial charge in [0.25, 0.3) is 0 Å². The van der Waals surface area contributed by atoms with Gasteiger partial charge in [-0.1, -0.05) is 0 Å². The van der Waals surface area contributed by atoms with Gasteiger partial charge in [-0.15, -0.1) is 0 Å². The van der Waals surface area contributed by atoms with Gasteiger partial charge in [-0.3, -0.25) is 19.2 Å². The van der Waals surface area contributed by atoms with Crippen LogP contribution in [-0.2, 0) is 19.2 Å². The Balaban J connectivity index is 0.940. The Bertz CT molecular complexity index is 1490. The van der Waals surface area contributed by atoms with Crippen molar-refractivity contribution in [1.29, 1.82) is 0 Å². The molecular weight excluding hydrogens is 598 g/mol. The van der Waals surface area contributed by atoms with E-state index in [0.29, 0.717) is 49.0 Å². The highest BCUT2D eigenvalue weighted by Gasteiger charge is 2.39. The second kappa shape index (κ2) is 13.7. The number of hydrogen-bond donors (Lipinski definition) is 4. The van der Waals surface area contributed by atoms with Crippen LogP contribution in [0.2, 0.25) is 0 Å². The van der Waals surface area contributed by atoms with Crippen LogP contribution in [0.4, 0.5) is 11.4 Å². The van der Waals surface area contributed by atoms with E-state index in [1.807, 2.05) is 36.4 Å². The summed E-state index contributed by atoms with van der Waals surface area (Å²) in [6.45, 7) is 2.90. The highest BCUT2D eigenvalue weighted by Crippen LogP contribution is 2.29. The number of rotatable bonds is 8. The number of aromatic nitrogens is 1. The van der Waals surface area contributed by atoms with Crippen molar-refractivity contribution in [3.63, 3.8) is 0 Å². The first-order valence-electron chi connectivity index (χ1n) is 16.8. The summed E-state index contributed by atoms with van der Waals surface area (Å²) in [6.07, 6.45) is 8.22. The quantitative estimate of drug-likeness (QED) is 0.293. The lowest BCUT2D eigenvalue weighted by Gasteiger charge is -2.26. The first-order chi connectivity index (χ1) is 22.9. The molecule has 4 fully saturated rings. The van der Waals surface area contributed by atoms with Crippen LogP contribution in [0.15, 0.2) is 59.1 Å². The van der Waals surface area contributed by atoms with Crippen molar-refractivity contribution in [1.82, 2.24) is 25.4 Å². The number of benzene rings is 2. The maximum Gasteiger partial charge on any atom is 0.247 e. The number of hydrogen-bond acceptors (Lipinski definition) is 8. The minimum absolute atomic E-state index is 0.0235. The van der Waals surface area contributed by atoms with Crippen LogP contribution in [-0.4, -0.2) is 88.8 Å². The lowest BCUT2D eigenvalue weighted by atomic mass is 10.1. The van der Waals surface area contributed by atoms with Crippen molar-refractivity contribution in [2.45, 2.75) is 75.5 Å². The lowest BCUT2D eigenvalue weighted by molar-refractivity contribution is -0.138. The summed E-state index contributed by atoms with van der Waals surface area (Å²) in [5, 5.41) is 12.4. The van der Waals surface area contributed by atoms with Crippen molar-refractivity contribution < 1.29 is 23.6 Å². The van der Waals surface area contributed by atoms with Crippen LogP contribution in [0.25, 0.3) is 22.8 Å². The van der Waals surface area contributed by atoms with Gasteiger partial charge in [-0.25, -0.2) is 4.98 Å². The first-order valence-corrected chi connectivity index (χ1v) is 16.8. The third-order valence-electron chi connectivity index (χ3n) is 9.74. The molecule has 4 aliphatic rings. The minimum Gasteiger partial charge on any atom is -0.436 e. The van der Waals surface area contributed by atoms with E-state index in [2.05, 4.69) is 26.3 Å². The molecule has 0 radical (unpaired) electrons. The van der Waals surface area contributed by atoms with E-state index >= 15 is 0 Å². The van der Waals surface area contributed by atoms with E-state index in [4.69, 9.17) is 4.42 Å². The molecule has 4 N–H and O–H groups in total. The van der Waals surface area contributed by atoms with Gasteiger partial charge < -0.3 is 35.5 Å². The second-order valence-electron chi connectivity index (χ2n) is 12.8. The van der Waals surface area contributed by atoms with Gasteiger partial charge in [0, 0.05) is 35.6 Å². The molecule has 7 rings (SSSR count). The third-order valence-corrected chi connectivity index (χ3v) is 9.74. The molecule has 4 amide bonds. The molecule has 5 heterocycles. The topological polar surface area (TPSA) is 149 Å². The van der Waals surface area contributed by atoms with Gasteiger partial charge in [0.1, 0.15) is 12.1 Å². The maximum absolute atomic E-state index is 13.1. The van der Waals surface area contributed by atoms with Crippen LogP contribution in [0, 0.1) is 0 Å². The fraction of sp³-hybridized carbons (Fsp3) is 0.457. The average Bonchev–Trinajstić information content (AvgIpc) is 3.93. The van der Waals surface area contributed by atoms with Gasteiger partial charge >= 0.3 is 0 Å². The van der Waals surface area contributed by atoms with Gasteiger partial charge in [0.2, 0.25) is 29.5 Å². The molecule has 0 bridgehead atoms. The number of nitrogens with one attached hydrogen (secondary N) is 4. The molecule has 4 saturated heterocycles. The van der Waals surface area contributed by atoms with Crippen molar-refractivity contribution in [3.8, 4) is 22.8 Å². The van der Waals surface area contributed by atoms with E-state index < -0.39 is 12.1 Å². The number of anilines is 2. The number of carbonyl (C=O) groups excluding carboxylic acids is 4.